The summed E-state index contributed by atoms with van der Waals surface area (Å²) in [6, 6.07) is 6.63. The second kappa shape index (κ2) is 5.50. The fraction of sp³-hybridized carbons (Fsp3) is 0.667. The third kappa shape index (κ3) is 3.07. The Morgan fingerprint density at radius 1 is 1.15 bits per heavy atom. The molecule has 0 saturated carbocycles. The molecule has 0 amide bonds. The van der Waals surface area contributed by atoms with E-state index in [0.29, 0.717) is 0 Å². The van der Waals surface area contributed by atoms with Gasteiger partial charge in [-0.05, 0) is 57.7 Å². The monoisotopic (exact) mass is 274 g/mol. The normalized spacial score (nSPS) is 26.7. The minimum Gasteiger partial charge on any atom is -0.309 e. The van der Waals surface area contributed by atoms with Gasteiger partial charge in [-0.1, -0.05) is 25.1 Å². The molecule has 0 bridgehead atoms. The highest BCUT2D eigenvalue weighted by atomic mass is 15.3. The lowest BCUT2D eigenvalue weighted by molar-refractivity contribution is 0.0172. The molecule has 1 saturated heterocycles. The van der Waals surface area contributed by atoms with Crippen LogP contribution in [0, 0.1) is 13.8 Å². The van der Waals surface area contributed by atoms with Crippen molar-refractivity contribution in [3.8, 4) is 0 Å². The van der Waals surface area contributed by atoms with Gasteiger partial charge in [0.15, 0.2) is 0 Å². The van der Waals surface area contributed by atoms with Crippen molar-refractivity contribution in [2.24, 2.45) is 0 Å². The van der Waals surface area contributed by atoms with Crippen LogP contribution in [0.25, 0.3) is 0 Å². The molecule has 20 heavy (non-hydrogen) atoms. The molecule has 2 heteroatoms. The topological polar surface area (TPSA) is 15.3 Å². The average molecular weight is 274 g/mol. The molecule has 2 nitrogen and oxygen atoms in total. The molecular weight excluding hydrogens is 244 g/mol. The number of rotatable bonds is 3. The number of benzene rings is 1. The Hall–Kier alpha value is -0.860. The predicted molar refractivity (Wildman–Crippen MR) is 87.1 cm³/mol. The highest BCUT2D eigenvalue weighted by molar-refractivity contribution is 5.33. The van der Waals surface area contributed by atoms with Gasteiger partial charge in [-0.25, -0.2) is 0 Å². The fourth-order valence-corrected chi connectivity index (χ4v) is 3.15. The molecule has 0 aliphatic carbocycles. The minimum atomic E-state index is 0.200. The maximum absolute atomic E-state index is 3.70. The van der Waals surface area contributed by atoms with Crippen LogP contribution < -0.4 is 5.32 Å². The Bertz CT molecular complexity index is 458. The molecule has 1 aliphatic rings. The molecule has 0 aromatic heterocycles. The van der Waals surface area contributed by atoms with Gasteiger partial charge in [-0.2, -0.15) is 0 Å². The lowest BCUT2D eigenvalue weighted by atomic mass is 9.87. The first-order valence-corrected chi connectivity index (χ1v) is 7.82. The quantitative estimate of drug-likeness (QED) is 0.905. The van der Waals surface area contributed by atoms with Crippen LogP contribution in [-0.2, 0) is 6.54 Å². The number of hydrogen-bond donors (Lipinski definition) is 1. The molecular formula is C18H30N2. The summed E-state index contributed by atoms with van der Waals surface area (Å²) in [5.74, 6) is 0. The van der Waals surface area contributed by atoms with E-state index in [4.69, 9.17) is 0 Å². The van der Waals surface area contributed by atoms with Crippen molar-refractivity contribution in [3.05, 3.63) is 34.9 Å². The van der Waals surface area contributed by atoms with Crippen molar-refractivity contribution in [2.45, 2.75) is 65.6 Å². The number of hydrogen-bond acceptors (Lipinski definition) is 2. The minimum absolute atomic E-state index is 0.200. The molecule has 1 N–H and O–H groups in total. The average Bonchev–Trinajstić information content (AvgIpc) is 2.38. The first-order valence-electron chi connectivity index (χ1n) is 7.82. The van der Waals surface area contributed by atoms with Crippen LogP contribution in [0.3, 0.4) is 0 Å². The summed E-state index contributed by atoms with van der Waals surface area (Å²) < 4.78 is 0. The predicted octanol–water partition coefficient (Wildman–Crippen LogP) is 3.66. The highest BCUT2D eigenvalue weighted by Crippen LogP contribution is 2.29. The number of nitrogens with one attached hydrogen (secondary N) is 1. The molecule has 1 aliphatic heterocycles. The van der Waals surface area contributed by atoms with E-state index in [9.17, 15) is 0 Å². The molecule has 1 atom stereocenters. The van der Waals surface area contributed by atoms with Crippen LogP contribution in [0.15, 0.2) is 18.2 Å². The van der Waals surface area contributed by atoms with Crippen LogP contribution in [-0.4, -0.2) is 29.1 Å². The molecule has 1 unspecified atom stereocenters. The van der Waals surface area contributed by atoms with Crippen LogP contribution >= 0.6 is 0 Å². The van der Waals surface area contributed by atoms with Crippen molar-refractivity contribution in [1.29, 1.82) is 0 Å². The Morgan fingerprint density at radius 2 is 1.75 bits per heavy atom. The van der Waals surface area contributed by atoms with Crippen molar-refractivity contribution in [3.63, 3.8) is 0 Å². The molecule has 1 aromatic rings. The van der Waals surface area contributed by atoms with Gasteiger partial charge < -0.3 is 5.32 Å². The Balaban J connectivity index is 2.28. The zero-order chi connectivity index (χ0) is 15.0. The second-order valence-electron chi connectivity index (χ2n) is 7.31. The maximum atomic E-state index is 3.70. The molecule has 112 valence electrons. The summed E-state index contributed by atoms with van der Waals surface area (Å²) in [4.78, 5) is 2.68. The summed E-state index contributed by atoms with van der Waals surface area (Å²) in [5.41, 5.74) is 4.79. The Kier molecular flexibility index (Phi) is 4.27. The summed E-state index contributed by atoms with van der Waals surface area (Å²) in [5, 5.41) is 3.70. The van der Waals surface area contributed by atoms with Crippen molar-refractivity contribution >= 4 is 0 Å². The first-order chi connectivity index (χ1) is 9.27. The van der Waals surface area contributed by atoms with Gasteiger partial charge in [0.05, 0.1) is 0 Å². The standard InChI is InChI=1S/C18H30N2/c1-7-18(6)12-19-17(4,5)13-20(18)11-16-14(2)9-8-10-15(16)3/h8-10,19H,7,11-13H2,1-6H3. The van der Waals surface area contributed by atoms with Crippen LogP contribution in [0.2, 0.25) is 0 Å². The van der Waals surface area contributed by atoms with E-state index < -0.39 is 0 Å². The fourth-order valence-electron chi connectivity index (χ4n) is 3.15. The van der Waals surface area contributed by atoms with Gasteiger partial charge in [-0.3, -0.25) is 4.90 Å². The molecule has 1 aromatic carbocycles. The molecule has 0 radical (unpaired) electrons. The zero-order valence-electron chi connectivity index (χ0n) is 14.0. The van der Waals surface area contributed by atoms with E-state index in [0.717, 1.165) is 19.6 Å². The molecule has 1 fully saturated rings. The van der Waals surface area contributed by atoms with E-state index in [2.05, 4.69) is 70.0 Å². The van der Waals surface area contributed by atoms with E-state index in [1.165, 1.54) is 23.1 Å². The van der Waals surface area contributed by atoms with Gasteiger partial charge in [0.2, 0.25) is 0 Å². The van der Waals surface area contributed by atoms with E-state index >= 15 is 0 Å². The van der Waals surface area contributed by atoms with E-state index in [-0.39, 0.29) is 11.1 Å². The highest BCUT2D eigenvalue weighted by Gasteiger charge is 2.39. The molecule has 0 spiro atoms. The number of nitrogens with zero attached hydrogens (tertiary/aromatic N) is 1. The van der Waals surface area contributed by atoms with Crippen molar-refractivity contribution < 1.29 is 0 Å². The van der Waals surface area contributed by atoms with Gasteiger partial charge in [-0.15, -0.1) is 0 Å². The number of aryl methyl sites for hydroxylation is 2. The smallest absolute Gasteiger partial charge is 0.0307 e. The third-order valence-electron chi connectivity index (χ3n) is 5.05. The zero-order valence-corrected chi connectivity index (χ0v) is 14.0. The molecule has 1 heterocycles. The third-order valence-corrected chi connectivity index (χ3v) is 5.05. The summed E-state index contributed by atoms with van der Waals surface area (Å²) in [6.07, 6.45) is 1.18. The van der Waals surface area contributed by atoms with Gasteiger partial charge in [0.25, 0.3) is 0 Å². The Labute approximate surface area is 124 Å². The largest absolute Gasteiger partial charge is 0.309 e. The van der Waals surface area contributed by atoms with Crippen LogP contribution in [0.4, 0.5) is 0 Å². The van der Waals surface area contributed by atoms with E-state index in [1.807, 2.05) is 0 Å². The van der Waals surface area contributed by atoms with Gasteiger partial charge >= 0.3 is 0 Å². The lowest BCUT2D eigenvalue weighted by Crippen LogP contribution is -2.66. The molecule has 2 rings (SSSR count). The van der Waals surface area contributed by atoms with Crippen LogP contribution in [0.1, 0.15) is 50.8 Å². The van der Waals surface area contributed by atoms with Gasteiger partial charge in [0, 0.05) is 30.7 Å². The maximum Gasteiger partial charge on any atom is 0.0307 e. The van der Waals surface area contributed by atoms with Crippen LogP contribution in [0.5, 0.6) is 0 Å². The SMILES string of the molecule is CCC1(C)CNC(C)(C)CN1Cc1c(C)cccc1C. The Morgan fingerprint density at radius 3 is 2.30 bits per heavy atom. The summed E-state index contributed by atoms with van der Waals surface area (Å²) in [6.45, 7) is 17.0. The van der Waals surface area contributed by atoms with E-state index in [1.54, 1.807) is 0 Å². The van der Waals surface area contributed by atoms with Crippen molar-refractivity contribution in [2.75, 3.05) is 13.1 Å². The van der Waals surface area contributed by atoms with Gasteiger partial charge in [0.1, 0.15) is 0 Å². The second-order valence-corrected chi connectivity index (χ2v) is 7.31. The van der Waals surface area contributed by atoms with Crippen molar-refractivity contribution in [1.82, 2.24) is 10.2 Å². The summed E-state index contributed by atoms with van der Waals surface area (Å²) in [7, 11) is 0. The summed E-state index contributed by atoms with van der Waals surface area (Å²) >= 11 is 0. The number of piperazine rings is 1. The first kappa shape index (κ1) is 15.5. The lowest BCUT2D eigenvalue weighted by Gasteiger charge is -2.51.